The number of allylic oxidation sites excluding steroid dienone is 1. The van der Waals surface area contributed by atoms with Crippen molar-refractivity contribution in [1.82, 2.24) is 4.57 Å². The molecule has 0 aliphatic carbocycles. The molecule has 2 aromatic carbocycles. The van der Waals surface area contributed by atoms with Crippen LogP contribution in [0.15, 0.2) is 61.9 Å². The number of anilines is 1. The summed E-state index contributed by atoms with van der Waals surface area (Å²) in [6.45, 7) is 8.49. The molecular formula is C31H32BrN3O6S. The Hall–Kier alpha value is -3.70. The van der Waals surface area contributed by atoms with Gasteiger partial charge in [0, 0.05) is 16.6 Å². The third-order valence-corrected chi connectivity index (χ3v) is 9.00. The lowest BCUT2D eigenvalue weighted by Crippen LogP contribution is -2.41. The van der Waals surface area contributed by atoms with Crippen molar-refractivity contribution in [2.75, 3.05) is 31.8 Å². The van der Waals surface area contributed by atoms with E-state index < -0.39 is 17.6 Å². The van der Waals surface area contributed by atoms with Crippen LogP contribution < -0.4 is 29.3 Å². The number of thiazole rings is 1. The van der Waals surface area contributed by atoms with Crippen molar-refractivity contribution in [3.63, 3.8) is 0 Å². The Labute approximate surface area is 255 Å². The van der Waals surface area contributed by atoms with E-state index in [1.807, 2.05) is 31.2 Å². The van der Waals surface area contributed by atoms with Crippen LogP contribution in [0, 0.1) is 0 Å². The third-order valence-electron chi connectivity index (χ3n) is 7.26. The average Bonchev–Trinajstić information content (AvgIpc) is 3.43. The highest BCUT2D eigenvalue weighted by molar-refractivity contribution is 9.10. The summed E-state index contributed by atoms with van der Waals surface area (Å²) in [5, 5.41) is 0. The van der Waals surface area contributed by atoms with Gasteiger partial charge in [-0.1, -0.05) is 58.8 Å². The van der Waals surface area contributed by atoms with Crippen molar-refractivity contribution in [3.8, 4) is 11.5 Å². The molecule has 11 heteroatoms. The van der Waals surface area contributed by atoms with Gasteiger partial charge in [-0.3, -0.25) is 14.2 Å². The molecular weight excluding hydrogens is 622 g/mol. The lowest BCUT2D eigenvalue weighted by Gasteiger charge is -2.26. The van der Waals surface area contributed by atoms with E-state index in [1.54, 1.807) is 38.0 Å². The summed E-state index contributed by atoms with van der Waals surface area (Å²) < 4.78 is 19.2. The normalized spacial score (nSPS) is 17.1. The summed E-state index contributed by atoms with van der Waals surface area (Å²) in [6, 6.07) is 10.1. The fourth-order valence-corrected chi connectivity index (χ4v) is 7.04. The van der Waals surface area contributed by atoms with E-state index in [0.29, 0.717) is 56.3 Å². The zero-order valence-electron chi connectivity index (χ0n) is 24.2. The van der Waals surface area contributed by atoms with Gasteiger partial charge in [-0.05, 0) is 51.0 Å². The molecule has 9 nitrogen and oxygen atoms in total. The van der Waals surface area contributed by atoms with Crippen molar-refractivity contribution in [3.05, 3.63) is 83.0 Å². The van der Waals surface area contributed by atoms with Gasteiger partial charge in [0.05, 0.1) is 48.9 Å². The highest BCUT2D eigenvalue weighted by atomic mass is 79.9. The van der Waals surface area contributed by atoms with Crippen molar-refractivity contribution in [1.29, 1.82) is 0 Å². The van der Waals surface area contributed by atoms with Crippen LogP contribution in [0.5, 0.6) is 11.5 Å². The van der Waals surface area contributed by atoms with Crippen molar-refractivity contribution in [2.45, 2.75) is 46.6 Å². The van der Waals surface area contributed by atoms with E-state index in [-0.39, 0.29) is 22.6 Å². The number of carbonyl (C=O) groups is 2. The number of nitrogens with zero attached hydrogens (tertiary/aromatic N) is 3. The first-order valence-corrected chi connectivity index (χ1v) is 15.5. The number of esters is 1. The van der Waals surface area contributed by atoms with Gasteiger partial charge in [0.15, 0.2) is 16.3 Å². The number of ether oxygens (including phenoxy) is 3. The van der Waals surface area contributed by atoms with E-state index in [1.165, 1.54) is 4.57 Å². The summed E-state index contributed by atoms with van der Waals surface area (Å²) in [7, 11) is 1.54. The van der Waals surface area contributed by atoms with Crippen LogP contribution in [0.1, 0.15) is 57.7 Å². The number of hydrogen-bond acceptors (Lipinski definition) is 8. The molecule has 1 amide bonds. The molecule has 1 atom stereocenters. The number of fused-ring (bicyclic) bond motifs is 2. The van der Waals surface area contributed by atoms with Gasteiger partial charge in [-0.25, -0.2) is 9.79 Å². The van der Waals surface area contributed by atoms with Gasteiger partial charge < -0.3 is 19.1 Å². The SMILES string of the molecule is CCCCN1C(=O)/C(=c2/sc3n(c2=O)[C@H](c2cc(OCC)c(OC)cc2Br)C(C(=O)OCC)=C(C)N=3)c2ccccc21. The standard InChI is InChI=1S/C31H32BrN3O6S/c1-6-9-14-34-21-13-11-10-12-18(21)25(28(34)36)27-29(37)35-26(19-15-23(40-7-2)22(39-5)16-20(19)32)24(30(38)41-8-3)17(4)33-31(35)42-27/h10-13,15-16,26H,6-9,14H2,1-5H3/b27-25+/t26-/m1/s1. The number of halogens is 1. The van der Waals surface area contributed by atoms with Gasteiger partial charge in [-0.15, -0.1) is 0 Å². The van der Waals surface area contributed by atoms with Crippen LogP contribution in [0.2, 0.25) is 0 Å². The molecule has 0 N–H and O–H groups in total. The predicted molar refractivity (Wildman–Crippen MR) is 165 cm³/mol. The zero-order chi connectivity index (χ0) is 30.1. The highest BCUT2D eigenvalue weighted by Gasteiger charge is 2.38. The van der Waals surface area contributed by atoms with Crippen molar-refractivity contribution < 1.29 is 23.8 Å². The molecule has 3 aromatic rings. The summed E-state index contributed by atoms with van der Waals surface area (Å²) >= 11 is 4.79. The largest absolute Gasteiger partial charge is 0.493 e. The Bertz CT molecular complexity index is 1790. The molecule has 0 saturated carbocycles. The van der Waals surface area contributed by atoms with E-state index in [9.17, 15) is 14.4 Å². The van der Waals surface area contributed by atoms with Crippen molar-refractivity contribution in [2.24, 2.45) is 4.99 Å². The molecule has 42 heavy (non-hydrogen) atoms. The molecule has 0 fully saturated rings. The highest BCUT2D eigenvalue weighted by Crippen LogP contribution is 2.41. The maximum absolute atomic E-state index is 14.4. The third kappa shape index (κ3) is 4.98. The molecule has 220 valence electrons. The number of rotatable bonds is 9. The lowest BCUT2D eigenvalue weighted by atomic mass is 9.95. The van der Waals surface area contributed by atoms with E-state index in [0.717, 1.165) is 29.9 Å². The number of carbonyl (C=O) groups excluding carboxylic acids is 2. The summed E-state index contributed by atoms with van der Waals surface area (Å²) in [4.78, 5) is 48.5. The van der Waals surface area contributed by atoms with Crippen LogP contribution in [-0.4, -0.2) is 43.3 Å². The lowest BCUT2D eigenvalue weighted by molar-refractivity contribution is -0.139. The topological polar surface area (TPSA) is 99.4 Å². The van der Waals surface area contributed by atoms with Gasteiger partial charge in [0.2, 0.25) is 0 Å². The van der Waals surface area contributed by atoms with Gasteiger partial charge in [-0.2, -0.15) is 0 Å². The minimum atomic E-state index is -0.892. The quantitative estimate of drug-likeness (QED) is 0.316. The molecule has 2 aliphatic heterocycles. The molecule has 1 aromatic heterocycles. The summed E-state index contributed by atoms with van der Waals surface area (Å²) in [5.74, 6) is 0.181. The second-order valence-electron chi connectivity index (χ2n) is 9.78. The molecule has 3 heterocycles. The molecule has 0 bridgehead atoms. The predicted octanol–water partition coefficient (Wildman–Crippen LogP) is 4.49. The first kappa shape index (κ1) is 29.8. The van der Waals surface area contributed by atoms with Gasteiger partial charge in [0.25, 0.3) is 11.5 Å². The Morgan fingerprint density at radius 2 is 1.86 bits per heavy atom. The minimum absolute atomic E-state index is 0.157. The van der Waals surface area contributed by atoms with E-state index >= 15 is 0 Å². The van der Waals surface area contributed by atoms with Crippen LogP contribution in [0.3, 0.4) is 0 Å². The smallest absolute Gasteiger partial charge is 0.338 e. The van der Waals surface area contributed by atoms with E-state index in [2.05, 4.69) is 27.8 Å². The molecule has 0 unspecified atom stereocenters. The number of benzene rings is 2. The summed E-state index contributed by atoms with van der Waals surface area (Å²) in [6.07, 6.45) is 1.77. The van der Waals surface area contributed by atoms with Crippen LogP contribution in [0.25, 0.3) is 5.57 Å². The number of unbranched alkanes of at least 4 members (excludes halogenated alkanes) is 1. The number of hydrogen-bond donors (Lipinski definition) is 0. The molecule has 0 saturated heterocycles. The number of aromatic nitrogens is 1. The average molecular weight is 655 g/mol. The minimum Gasteiger partial charge on any atom is -0.493 e. The maximum atomic E-state index is 14.4. The fraction of sp³-hybridized carbons (Fsp3) is 0.355. The van der Waals surface area contributed by atoms with Gasteiger partial charge in [0.1, 0.15) is 4.53 Å². The van der Waals surface area contributed by atoms with Crippen LogP contribution >= 0.6 is 27.3 Å². The Balaban J connectivity index is 1.82. The first-order valence-electron chi connectivity index (χ1n) is 13.9. The Kier molecular flexibility index (Phi) is 8.70. The van der Waals surface area contributed by atoms with Crippen LogP contribution in [-0.2, 0) is 14.3 Å². The fourth-order valence-electron chi connectivity index (χ4n) is 5.36. The number of para-hydroxylation sites is 1. The Morgan fingerprint density at radius 3 is 2.55 bits per heavy atom. The first-order chi connectivity index (χ1) is 20.3. The molecule has 5 rings (SSSR count). The Morgan fingerprint density at radius 1 is 1.10 bits per heavy atom. The number of amides is 1. The van der Waals surface area contributed by atoms with Crippen LogP contribution in [0.4, 0.5) is 5.69 Å². The molecule has 0 spiro atoms. The molecule has 0 radical (unpaired) electrons. The maximum Gasteiger partial charge on any atom is 0.338 e. The second-order valence-corrected chi connectivity index (χ2v) is 11.6. The summed E-state index contributed by atoms with van der Waals surface area (Å²) in [5.41, 5.74) is 2.70. The molecule has 2 aliphatic rings. The monoisotopic (exact) mass is 653 g/mol. The zero-order valence-corrected chi connectivity index (χ0v) is 26.6. The van der Waals surface area contributed by atoms with Crippen molar-refractivity contribution >= 4 is 50.4 Å². The van der Waals surface area contributed by atoms with E-state index in [4.69, 9.17) is 14.2 Å². The van der Waals surface area contributed by atoms with Gasteiger partial charge >= 0.3 is 5.97 Å². The second kappa shape index (κ2) is 12.3. The number of methoxy groups -OCH3 is 1.